The molecule has 0 aliphatic rings. The van der Waals surface area contributed by atoms with E-state index in [1.807, 2.05) is 12.1 Å². The van der Waals surface area contributed by atoms with Crippen LogP contribution in [0.3, 0.4) is 0 Å². The Morgan fingerprint density at radius 1 is 1.24 bits per heavy atom. The number of methoxy groups -OCH3 is 1. The molecule has 0 saturated heterocycles. The molecule has 0 radical (unpaired) electrons. The summed E-state index contributed by atoms with van der Waals surface area (Å²) in [5.41, 5.74) is 1.44. The molecule has 0 unspecified atom stereocenters. The van der Waals surface area contributed by atoms with Crippen LogP contribution in [0.5, 0.6) is 5.75 Å². The molecule has 0 saturated carbocycles. The molecule has 3 rings (SSSR count). The number of rotatable bonds is 5. The molecule has 1 heterocycles. The van der Waals surface area contributed by atoms with Crippen molar-refractivity contribution in [3.8, 4) is 5.75 Å². The number of anilines is 1. The summed E-state index contributed by atoms with van der Waals surface area (Å²) in [6.45, 7) is 0. The first-order chi connectivity index (χ1) is 11.8. The summed E-state index contributed by atoms with van der Waals surface area (Å²) in [5, 5.41) is 8.25. The van der Waals surface area contributed by atoms with Gasteiger partial charge in [-0.15, -0.1) is 0 Å². The SMILES string of the molecule is COc1ccc(CC(=O)Nc2nc3ccc(S(N)(=O)=O)cc3s2)cc1. The topological polar surface area (TPSA) is 111 Å². The largest absolute Gasteiger partial charge is 0.497 e. The Balaban J connectivity index is 1.74. The van der Waals surface area contributed by atoms with Crippen molar-refractivity contribution in [3.05, 3.63) is 48.0 Å². The van der Waals surface area contributed by atoms with Crippen LogP contribution in [0.4, 0.5) is 5.13 Å². The second-order valence-corrected chi connectivity index (χ2v) is 7.86. The number of ether oxygens (including phenoxy) is 1. The summed E-state index contributed by atoms with van der Waals surface area (Å²) in [5.74, 6) is 0.511. The number of nitrogens with zero attached hydrogens (tertiary/aromatic N) is 1. The number of carbonyl (C=O) groups excluding carboxylic acids is 1. The fourth-order valence-corrected chi connectivity index (χ4v) is 3.76. The van der Waals surface area contributed by atoms with E-state index in [0.29, 0.717) is 15.3 Å². The molecule has 2 aromatic carbocycles. The smallest absolute Gasteiger partial charge is 0.238 e. The number of amides is 1. The van der Waals surface area contributed by atoms with Crippen LogP contribution in [0, 0.1) is 0 Å². The van der Waals surface area contributed by atoms with Crippen LogP contribution in [-0.2, 0) is 21.2 Å². The van der Waals surface area contributed by atoms with Gasteiger partial charge in [-0.2, -0.15) is 0 Å². The number of fused-ring (bicyclic) bond motifs is 1. The average molecular weight is 377 g/mol. The van der Waals surface area contributed by atoms with E-state index in [1.54, 1.807) is 25.3 Å². The predicted molar refractivity (Wildman–Crippen MR) is 96.3 cm³/mol. The van der Waals surface area contributed by atoms with E-state index < -0.39 is 10.0 Å². The number of carbonyl (C=O) groups is 1. The van der Waals surface area contributed by atoms with Gasteiger partial charge in [0.15, 0.2) is 5.13 Å². The molecule has 7 nitrogen and oxygen atoms in total. The first kappa shape index (κ1) is 17.3. The quantitative estimate of drug-likeness (QED) is 0.707. The molecule has 0 fully saturated rings. The predicted octanol–water partition coefficient (Wildman–Crippen LogP) is 2.13. The molecule has 3 aromatic rings. The molecule has 0 spiro atoms. The lowest BCUT2D eigenvalue weighted by atomic mass is 10.1. The highest BCUT2D eigenvalue weighted by Crippen LogP contribution is 2.28. The summed E-state index contributed by atoms with van der Waals surface area (Å²) in [6, 6.07) is 11.6. The minimum atomic E-state index is -3.77. The van der Waals surface area contributed by atoms with E-state index in [-0.39, 0.29) is 17.2 Å². The molecule has 0 bridgehead atoms. The average Bonchev–Trinajstić information content (AvgIpc) is 2.95. The summed E-state index contributed by atoms with van der Waals surface area (Å²) in [6.07, 6.45) is 0.197. The molecule has 25 heavy (non-hydrogen) atoms. The second-order valence-electron chi connectivity index (χ2n) is 5.27. The highest BCUT2D eigenvalue weighted by Gasteiger charge is 2.12. The maximum absolute atomic E-state index is 12.1. The lowest BCUT2D eigenvalue weighted by Crippen LogP contribution is -2.14. The van der Waals surface area contributed by atoms with E-state index >= 15 is 0 Å². The molecule has 0 atom stereocenters. The van der Waals surface area contributed by atoms with Crippen molar-refractivity contribution in [2.75, 3.05) is 12.4 Å². The van der Waals surface area contributed by atoms with Crippen molar-refractivity contribution in [2.45, 2.75) is 11.3 Å². The van der Waals surface area contributed by atoms with E-state index in [1.165, 1.54) is 23.5 Å². The van der Waals surface area contributed by atoms with E-state index in [2.05, 4.69) is 10.3 Å². The summed E-state index contributed by atoms with van der Waals surface area (Å²) in [7, 11) is -2.19. The van der Waals surface area contributed by atoms with Gasteiger partial charge in [-0.3, -0.25) is 4.79 Å². The minimum Gasteiger partial charge on any atom is -0.497 e. The Hall–Kier alpha value is -2.49. The van der Waals surface area contributed by atoms with Crippen molar-refractivity contribution in [2.24, 2.45) is 5.14 Å². The zero-order chi connectivity index (χ0) is 18.0. The lowest BCUT2D eigenvalue weighted by molar-refractivity contribution is -0.115. The third kappa shape index (κ3) is 4.13. The zero-order valence-electron chi connectivity index (χ0n) is 13.2. The Morgan fingerprint density at radius 3 is 2.60 bits per heavy atom. The zero-order valence-corrected chi connectivity index (χ0v) is 14.9. The molecule has 1 aromatic heterocycles. The Labute approximate surface area is 148 Å². The molecule has 0 aliphatic heterocycles. The van der Waals surface area contributed by atoms with Gasteiger partial charge in [0.05, 0.1) is 28.6 Å². The third-order valence-electron chi connectivity index (χ3n) is 3.46. The number of nitrogens with one attached hydrogen (secondary N) is 1. The monoisotopic (exact) mass is 377 g/mol. The van der Waals surface area contributed by atoms with Crippen LogP contribution >= 0.6 is 11.3 Å². The highest BCUT2D eigenvalue weighted by atomic mass is 32.2. The molecular formula is C16H15N3O4S2. The summed E-state index contributed by atoms with van der Waals surface area (Å²) >= 11 is 1.19. The van der Waals surface area contributed by atoms with E-state index in [4.69, 9.17) is 9.88 Å². The lowest BCUT2D eigenvalue weighted by Gasteiger charge is -2.03. The normalized spacial score (nSPS) is 11.4. The number of primary sulfonamides is 1. The van der Waals surface area contributed by atoms with Crippen molar-refractivity contribution < 1.29 is 17.9 Å². The maximum Gasteiger partial charge on any atom is 0.238 e. The number of hydrogen-bond acceptors (Lipinski definition) is 6. The third-order valence-corrected chi connectivity index (χ3v) is 5.30. The number of sulfonamides is 1. The standard InChI is InChI=1S/C16H15N3O4S2/c1-23-11-4-2-10(3-5-11)8-15(20)19-16-18-13-7-6-12(25(17,21)22)9-14(13)24-16/h2-7,9H,8H2,1H3,(H2,17,21,22)(H,18,19,20). The van der Waals surface area contributed by atoms with E-state index in [0.717, 1.165) is 11.3 Å². The van der Waals surface area contributed by atoms with Crippen LogP contribution in [0.15, 0.2) is 47.4 Å². The molecule has 3 N–H and O–H groups in total. The Bertz CT molecular complexity index is 1030. The number of hydrogen-bond donors (Lipinski definition) is 2. The molecule has 1 amide bonds. The first-order valence-electron chi connectivity index (χ1n) is 7.21. The number of benzene rings is 2. The molecular weight excluding hydrogens is 362 g/mol. The second kappa shape index (κ2) is 6.79. The van der Waals surface area contributed by atoms with Gasteiger partial charge in [-0.25, -0.2) is 18.5 Å². The van der Waals surface area contributed by atoms with Gasteiger partial charge >= 0.3 is 0 Å². The van der Waals surface area contributed by atoms with Crippen LogP contribution < -0.4 is 15.2 Å². The van der Waals surface area contributed by atoms with Gasteiger partial charge in [0, 0.05) is 0 Å². The number of nitrogens with two attached hydrogens (primary N) is 1. The van der Waals surface area contributed by atoms with Crippen LogP contribution in [0.2, 0.25) is 0 Å². The minimum absolute atomic E-state index is 0.0137. The van der Waals surface area contributed by atoms with Crippen LogP contribution in [-0.4, -0.2) is 26.4 Å². The summed E-state index contributed by atoms with van der Waals surface area (Å²) in [4.78, 5) is 16.4. The van der Waals surface area contributed by atoms with Gasteiger partial charge in [-0.1, -0.05) is 23.5 Å². The number of aromatic nitrogens is 1. The fourth-order valence-electron chi connectivity index (χ4n) is 2.23. The number of thiazole rings is 1. The van der Waals surface area contributed by atoms with E-state index in [9.17, 15) is 13.2 Å². The summed E-state index contributed by atoms with van der Waals surface area (Å²) < 4.78 is 28.5. The Morgan fingerprint density at radius 2 is 1.96 bits per heavy atom. The van der Waals surface area contributed by atoms with Crippen molar-refractivity contribution in [3.63, 3.8) is 0 Å². The molecule has 130 valence electrons. The van der Waals surface area contributed by atoms with Gasteiger partial charge in [0.25, 0.3) is 0 Å². The van der Waals surface area contributed by atoms with Gasteiger partial charge in [0.2, 0.25) is 15.9 Å². The maximum atomic E-state index is 12.1. The van der Waals surface area contributed by atoms with Crippen molar-refractivity contribution >= 4 is 42.6 Å². The van der Waals surface area contributed by atoms with Crippen LogP contribution in [0.25, 0.3) is 10.2 Å². The van der Waals surface area contributed by atoms with Crippen LogP contribution in [0.1, 0.15) is 5.56 Å². The fraction of sp³-hybridized carbons (Fsp3) is 0.125. The van der Waals surface area contributed by atoms with Gasteiger partial charge in [0.1, 0.15) is 5.75 Å². The van der Waals surface area contributed by atoms with Crippen molar-refractivity contribution in [1.82, 2.24) is 4.98 Å². The van der Waals surface area contributed by atoms with Crippen molar-refractivity contribution in [1.29, 1.82) is 0 Å². The Kier molecular flexibility index (Phi) is 4.71. The van der Waals surface area contributed by atoms with Gasteiger partial charge < -0.3 is 10.1 Å². The molecule has 0 aliphatic carbocycles. The highest BCUT2D eigenvalue weighted by molar-refractivity contribution is 7.89. The molecule has 9 heteroatoms. The van der Waals surface area contributed by atoms with Gasteiger partial charge in [-0.05, 0) is 35.9 Å². The first-order valence-corrected chi connectivity index (χ1v) is 9.57.